The van der Waals surface area contributed by atoms with Crippen molar-refractivity contribution in [2.24, 2.45) is 5.92 Å². The molecule has 2 saturated heterocycles. The summed E-state index contributed by atoms with van der Waals surface area (Å²) in [5.41, 5.74) is 3.99. The molecule has 3 aromatic rings. The Hall–Kier alpha value is -3.95. The maximum atomic E-state index is 13.9. The number of carbonyl (C=O) groups excluding carboxylic acids is 3. The second kappa shape index (κ2) is 12.5. The first-order valence-corrected chi connectivity index (χ1v) is 14.7. The van der Waals surface area contributed by atoms with Crippen LogP contribution < -0.4 is 9.80 Å². The highest BCUT2D eigenvalue weighted by atomic mass is 16.2. The van der Waals surface area contributed by atoms with Crippen LogP contribution in [0.5, 0.6) is 0 Å². The lowest BCUT2D eigenvalue weighted by Gasteiger charge is -2.36. The standard InChI is InChI=1S/C33H40N6O3/c1-22(2)24-7-9-26(10-8-24)31(40)29-30(39(33(42)32(29)41)28-15-6-23(3)34-35-28)25-11-13-27(14-12-25)38-20-18-37(19-21-38)17-16-36(4)5/h6-15,22,29-30H,16-21H2,1-5H3. The summed E-state index contributed by atoms with van der Waals surface area (Å²) in [6.07, 6.45) is 0. The maximum absolute atomic E-state index is 13.9. The van der Waals surface area contributed by atoms with Gasteiger partial charge in [-0.1, -0.05) is 50.2 Å². The van der Waals surface area contributed by atoms with Crippen LogP contribution >= 0.6 is 0 Å². The number of Topliss-reactive ketones (excluding diaryl/α,β-unsaturated/α-hetero) is 2. The minimum Gasteiger partial charge on any atom is -0.369 e. The number of carbonyl (C=O) groups is 3. The van der Waals surface area contributed by atoms with E-state index in [1.807, 2.05) is 36.4 Å². The molecular formula is C33H40N6O3. The van der Waals surface area contributed by atoms with Gasteiger partial charge in [-0.05, 0) is 62.3 Å². The first-order valence-electron chi connectivity index (χ1n) is 14.7. The maximum Gasteiger partial charge on any atom is 0.297 e. The molecule has 220 valence electrons. The average Bonchev–Trinajstić information content (AvgIpc) is 3.26. The molecule has 2 unspecified atom stereocenters. The van der Waals surface area contributed by atoms with Crippen LogP contribution in [0.25, 0.3) is 0 Å². The zero-order valence-electron chi connectivity index (χ0n) is 25.2. The van der Waals surface area contributed by atoms with Gasteiger partial charge in [-0.25, -0.2) is 0 Å². The van der Waals surface area contributed by atoms with Crippen molar-refractivity contribution in [2.75, 3.05) is 63.2 Å². The van der Waals surface area contributed by atoms with Crippen LogP contribution in [0, 0.1) is 12.8 Å². The Morgan fingerprint density at radius 2 is 1.57 bits per heavy atom. The van der Waals surface area contributed by atoms with E-state index in [0.29, 0.717) is 22.7 Å². The van der Waals surface area contributed by atoms with Crippen molar-refractivity contribution in [3.05, 3.63) is 83.0 Å². The summed E-state index contributed by atoms with van der Waals surface area (Å²) in [6.45, 7) is 11.9. The average molecular weight is 569 g/mol. The molecule has 2 aliphatic heterocycles. The number of amides is 1. The molecule has 0 radical (unpaired) electrons. The van der Waals surface area contributed by atoms with Gasteiger partial charge < -0.3 is 9.80 Å². The predicted molar refractivity (Wildman–Crippen MR) is 164 cm³/mol. The number of benzene rings is 2. The highest BCUT2D eigenvalue weighted by molar-refractivity contribution is 6.48. The summed E-state index contributed by atoms with van der Waals surface area (Å²) in [5.74, 6) is -2.45. The van der Waals surface area contributed by atoms with Gasteiger partial charge in [-0.15, -0.1) is 5.10 Å². The van der Waals surface area contributed by atoms with E-state index >= 15 is 0 Å². The van der Waals surface area contributed by atoms with Crippen LogP contribution in [0.15, 0.2) is 60.7 Å². The second-order valence-corrected chi connectivity index (χ2v) is 11.9. The van der Waals surface area contributed by atoms with E-state index in [4.69, 9.17) is 0 Å². The quantitative estimate of drug-likeness (QED) is 0.219. The molecule has 2 fully saturated rings. The van der Waals surface area contributed by atoms with Gasteiger partial charge in [-0.3, -0.25) is 24.2 Å². The van der Waals surface area contributed by atoms with E-state index in [9.17, 15) is 14.4 Å². The number of aryl methyl sites for hydroxylation is 1. The third-order valence-electron chi connectivity index (χ3n) is 8.32. The summed E-state index contributed by atoms with van der Waals surface area (Å²) < 4.78 is 0. The van der Waals surface area contributed by atoms with Crippen molar-refractivity contribution in [2.45, 2.75) is 32.7 Å². The monoisotopic (exact) mass is 568 g/mol. The number of hydrogen-bond acceptors (Lipinski definition) is 8. The molecule has 5 rings (SSSR count). The lowest BCUT2D eigenvalue weighted by molar-refractivity contribution is -0.135. The Morgan fingerprint density at radius 1 is 0.905 bits per heavy atom. The Balaban J connectivity index is 1.43. The van der Waals surface area contributed by atoms with Gasteiger partial charge in [0.05, 0.1) is 11.7 Å². The van der Waals surface area contributed by atoms with Crippen molar-refractivity contribution in [1.29, 1.82) is 0 Å². The number of nitrogens with zero attached hydrogens (tertiary/aromatic N) is 6. The zero-order valence-corrected chi connectivity index (χ0v) is 25.2. The van der Waals surface area contributed by atoms with Crippen molar-refractivity contribution in [3.63, 3.8) is 0 Å². The Bertz CT molecular complexity index is 1410. The van der Waals surface area contributed by atoms with Gasteiger partial charge in [0, 0.05) is 50.5 Å². The van der Waals surface area contributed by atoms with Crippen LogP contribution in [0.3, 0.4) is 0 Å². The molecule has 1 aromatic heterocycles. The number of rotatable bonds is 9. The molecule has 1 amide bonds. The third-order valence-corrected chi connectivity index (χ3v) is 8.32. The molecule has 9 heteroatoms. The minimum atomic E-state index is -1.18. The molecule has 3 heterocycles. The molecular weight excluding hydrogens is 528 g/mol. The van der Waals surface area contributed by atoms with Crippen LogP contribution in [0.1, 0.15) is 53.0 Å². The highest BCUT2D eigenvalue weighted by Crippen LogP contribution is 2.41. The normalized spacial score (nSPS) is 19.8. The van der Waals surface area contributed by atoms with E-state index < -0.39 is 23.7 Å². The Labute approximate surface area is 248 Å². The zero-order chi connectivity index (χ0) is 30.0. The van der Waals surface area contributed by atoms with E-state index in [1.54, 1.807) is 31.2 Å². The summed E-state index contributed by atoms with van der Waals surface area (Å²) in [4.78, 5) is 49.2. The fraction of sp³-hybridized carbons (Fsp3) is 0.424. The topological polar surface area (TPSA) is 90.0 Å². The summed E-state index contributed by atoms with van der Waals surface area (Å²) in [5, 5.41) is 8.33. The lowest BCUT2D eigenvalue weighted by atomic mass is 9.85. The largest absolute Gasteiger partial charge is 0.369 e. The molecule has 42 heavy (non-hydrogen) atoms. The van der Waals surface area contributed by atoms with Gasteiger partial charge in [0.1, 0.15) is 5.92 Å². The first kappa shape index (κ1) is 29.5. The van der Waals surface area contributed by atoms with E-state index in [1.165, 1.54) is 4.90 Å². The second-order valence-electron chi connectivity index (χ2n) is 11.9. The van der Waals surface area contributed by atoms with Crippen molar-refractivity contribution in [3.8, 4) is 0 Å². The summed E-state index contributed by atoms with van der Waals surface area (Å²) >= 11 is 0. The summed E-state index contributed by atoms with van der Waals surface area (Å²) in [6, 6.07) is 17.8. The van der Waals surface area contributed by atoms with Crippen molar-refractivity contribution in [1.82, 2.24) is 20.0 Å². The molecule has 0 spiro atoms. The molecule has 0 N–H and O–H groups in total. The van der Waals surface area contributed by atoms with Crippen molar-refractivity contribution < 1.29 is 14.4 Å². The van der Waals surface area contributed by atoms with Crippen molar-refractivity contribution >= 4 is 29.0 Å². The number of aromatic nitrogens is 2. The van der Waals surface area contributed by atoms with E-state index in [0.717, 1.165) is 50.5 Å². The fourth-order valence-corrected chi connectivity index (χ4v) is 5.71. The van der Waals surface area contributed by atoms with Gasteiger partial charge in [0.15, 0.2) is 11.6 Å². The van der Waals surface area contributed by atoms with Gasteiger partial charge in [0.25, 0.3) is 5.91 Å². The number of piperazine rings is 1. The minimum absolute atomic E-state index is 0.257. The van der Waals surface area contributed by atoms with Gasteiger partial charge in [0.2, 0.25) is 5.78 Å². The predicted octanol–water partition coefficient (Wildman–Crippen LogP) is 3.75. The van der Waals surface area contributed by atoms with E-state index in [-0.39, 0.29) is 11.6 Å². The number of hydrogen-bond donors (Lipinski definition) is 0. The molecule has 2 atom stereocenters. The van der Waals surface area contributed by atoms with Crippen LogP contribution in [0.4, 0.5) is 11.5 Å². The summed E-state index contributed by atoms with van der Waals surface area (Å²) in [7, 11) is 4.19. The molecule has 2 aromatic carbocycles. The van der Waals surface area contributed by atoms with Crippen LogP contribution in [0.2, 0.25) is 0 Å². The van der Waals surface area contributed by atoms with Crippen LogP contribution in [-0.2, 0) is 9.59 Å². The highest BCUT2D eigenvalue weighted by Gasteiger charge is 2.53. The first-order chi connectivity index (χ1) is 20.1. The molecule has 0 aliphatic carbocycles. The Kier molecular flexibility index (Phi) is 8.80. The number of likely N-dealkylation sites (N-methyl/N-ethyl adjacent to an activating group) is 1. The fourth-order valence-electron chi connectivity index (χ4n) is 5.71. The molecule has 0 bridgehead atoms. The van der Waals surface area contributed by atoms with Crippen LogP contribution in [-0.4, -0.2) is 90.8 Å². The number of anilines is 2. The molecule has 9 nitrogen and oxygen atoms in total. The smallest absolute Gasteiger partial charge is 0.297 e. The Morgan fingerprint density at radius 3 is 2.14 bits per heavy atom. The van der Waals surface area contributed by atoms with Gasteiger partial charge in [-0.2, -0.15) is 5.10 Å². The number of ketones is 2. The van der Waals surface area contributed by atoms with E-state index in [2.05, 4.69) is 52.8 Å². The third kappa shape index (κ3) is 6.12. The molecule has 0 saturated carbocycles. The lowest BCUT2D eigenvalue weighted by Crippen LogP contribution is -2.48. The molecule has 2 aliphatic rings. The SMILES string of the molecule is Cc1ccc(N2C(=O)C(=O)C(C(=O)c3ccc(C(C)C)cc3)C2c2ccc(N3CCN(CCN(C)C)CC3)cc2)nn1. The van der Waals surface area contributed by atoms with Gasteiger partial charge >= 0.3 is 0 Å².